The molecule has 0 saturated carbocycles. The Morgan fingerprint density at radius 3 is 2.71 bits per heavy atom. The molecular weight excluding hydrogens is 264 g/mol. The SMILES string of the molecule is CC(=O)Nc1cc(Br)ccc1C(N)=S. The predicted molar refractivity (Wildman–Crippen MR) is 64.3 cm³/mol. The van der Waals surface area contributed by atoms with Crippen LogP contribution in [0.15, 0.2) is 22.7 Å². The summed E-state index contributed by atoms with van der Waals surface area (Å²) in [4.78, 5) is 11.2. The molecule has 0 unspecified atom stereocenters. The van der Waals surface area contributed by atoms with Crippen molar-refractivity contribution in [2.24, 2.45) is 5.73 Å². The summed E-state index contributed by atoms with van der Waals surface area (Å²) in [6, 6.07) is 5.34. The second kappa shape index (κ2) is 4.52. The van der Waals surface area contributed by atoms with Crippen LogP contribution in [0, 0.1) is 0 Å². The van der Waals surface area contributed by atoms with E-state index in [0.29, 0.717) is 11.3 Å². The van der Waals surface area contributed by atoms with Gasteiger partial charge >= 0.3 is 0 Å². The molecule has 1 amide bonds. The molecule has 1 aromatic rings. The van der Waals surface area contributed by atoms with E-state index in [4.69, 9.17) is 18.0 Å². The Kier molecular flexibility index (Phi) is 3.60. The largest absolute Gasteiger partial charge is 0.389 e. The Hall–Kier alpha value is -0.940. The van der Waals surface area contributed by atoms with Crippen LogP contribution in [0.4, 0.5) is 5.69 Å². The molecule has 0 aliphatic heterocycles. The van der Waals surface area contributed by atoms with Crippen LogP contribution >= 0.6 is 28.1 Å². The third-order valence-corrected chi connectivity index (χ3v) is 2.27. The lowest BCUT2D eigenvalue weighted by atomic mass is 10.2. The molecule has 0 saturated heterocycles. The first kappa shape index (κ1) is 11.1. The highest BCUT2D eigenvalue weighted by Gasteiger charge is 2.06. The third-order valence-electron chi connectivity index (χ3n) is 1.56. The lowest BCUT2D eigenvalue weighted by Gasteiger charge is -2.08. The monoisotopic (exact) mass is 272 g/mol. The number of carbonyl (C=O) groups is 1. The lowest BCUT2D eigenvalue weighted by molar-refractivity contribution is -0.114. The van der Waals surface area contributed by atoms with E-state index >= 15 is 0 Å². The summed E-state index contributed by atoms with van der Waals surface area (Å²) in [6.07, 6.45) is 0. The van der Waals surface area contributed by atoms with Crippen LogP contribution < -0.4 is 11.1 Å². The molecule has 0 radical (unpaired) electrons. The van der Waals surface area contributed by atoms with Crippen molar-refractivity contribution < 1.29 is 4.79 Å². The van der Waals surface area contributed by atoms with Gasteiger partial charge in [-0.25, -0.2) is 0 Å². The molecular formula is C9H9BrN2OS. The Balaban J connectivity index is 3.15. The van der Waals surface area contributed by atoms with Gasteiger partial charge in [-0.05, 0) is 18.2 Å². The van der Waals surface area contributed by atoms with Crippen LogP contribution in [0.25, 0.3) is 0 Å². The van der Waals surface area contributed by atoms with Gasteiger partial charge in [-0.1, -0.05) is 28.1 Å². The highest BCUT2D eigenvalue weighted by Crippen LogP contribution is 2.21. The number of halogens is 1. The fourth-order valence-electron chi connectivity index (χ4n) is 1.02. The van der Waals surface area contributed by atoms with E-state index < -0.39 is 0 Å². The molecule has 3 nitrogen and oxygen atoms in total. The van der Waals surface area contributed by atoms with Crippen LogP contribution in [-0.2, 0) is 4.79 Å². The third kappa shape index (κ3) is 2.78. The Morgan fingerprint density at radius 2 is 2.21 bits per heavy atom. The maximum atomic E-state index is 10.9. The average molecular weight is 273 g/mol. The van der Waals surface area contributed by atoms with E-state index in [1.54, 1.807) is 12.1 Å². The van der Waals surface area contributed by atoms with Crippen molar-refractivity contribution in [2.75, 3.05) is 5.32 Å². The fourth-order valence-corrected chi connectivity index (χ4v) is 1.56. The van der Waals surface area contributed by atoms with Crippen molar-refractivity contribution in [3.63, 3.8) is 0 Å². The van der Waals surface area contributed by atoms with Crippen molar-refractivity contribution in [1.29, 1.82) is 0 Å². The minimum atomic E-state index is -0.152. The molecule has 0 aliphatic carbocycles. The summed E-state index contributed by atoms with van der Waals surface area (Å²) in [5.74, 6) is -0.152. The van der Waals surface area contributed by atoms with Crippen LogP contribution in [0.3, 0.4) is 0 Å². The summed E-state index contributed by atoms with van der Waals surface area (Å²) in [6.45, 7) is 1.43. The van der Waals surface area contributed by atoms with Gasteiger partial charge in [0.25, 0.3) is 0 Å². The molecule has 0 atom stereocenters. The van der Waals surface area contributed by atoms with Gasteiger partial charge in [0, 0.05) is 17.0 Å². The second-order valence-corrected chi connectivity index (χ2v) is 4.09. The molecule has 1 rings (SSSR count). The molecule has 0 spiro atoms. The minimum Gasteiger partial charge on any atom is -0.389 e. The number of thiocarbonyl (C=S) groups is 1. The van der Waals surface area contributed by atoms with Crippen molar-refractivity contribution in [1.82, 2.24) is 0 Å². The number of nitrogens with one attached hydrogen (secondary N) is 1. The summed E-state index contributed by atoms with van der Waals surface area (Å²) in [5.41, 5.74) is 6.79. The molecule has 1 aromatic carbocycles. The van der Waals surface area contributed by atoms with Gasteiger partial charge in [-0.2, -0.15) is 0 Å². The molecule has 14 heavy (non-hydrogen) atoms. The molecule has 0 aliphatic rings. The van der Waals surface area contributed by atoms with E-state index in [2.05, 4.69) is 21.2 Å². The van der Waals surface area contributed by atoms with E-state index in [-0.39, 0.29) is 10.9 Å². The molecule has 0 heterocycles. The zero-order valence-electron chi connectivity index (χ0n) is 7.50. The quantitative estimate of drug-likeness (QED) is 0.811. The lowest BCUT2D eigenvalue weighted by Crippen LogP contribution is -2.15. The van der Waals surface area contributed by atoms with Gasteiger partial charge in [-0.15, -0.1) is 0 Å². The van der Waals surface area contributed by atoms with E-state index in [0.717, 1.165) is 4.47 Å². The van der Waals surface area contributed by atoms with Gasteiger partial charge in [0.05, 0.1) is 5.69 Å². The van der Waals surface area contributed by atoms with Gasteiger partial charge in [-0.3, -0.25) is 4.79 Å². The van der Waals surface area contributed by atoms with E-state index in [9.17, 15) is 4.79 Å². The van der Waals surface area contributed by atoms with Crippen molar-refractivity contribution in [2.45, 2.75) is 6.92 Å². The van der Waals surface area contributed by atoms with Crippen LogP contribution in [0.2, 0.25) is 0 Å². The molecule has 0 fully saturated rings. The van der Waals surface area contributed by atoms with Gasteiger partial charge < -0.3 is 11.1 Å². The number of carbonyl (C=O) groups excluding carboxylic acids is 1. The smallest absolute Gasteiger partial charge is 0.221 e. The summed E-state index contributed by atoms with van der Waals surface area (Å²) in [7, 11) is 0. The number of hydrogen-bond donors (Lipinski definition) is 2. The van der Waals surface area contributed by atoms with Gasteiger partial charge in [0.2, 0.25) is 5.91 Å². The zero-order valence-corrected chi connectivity index (χ0v) is 9.91. The summed E-state index contributed by atoms with van der Waals surface area (Å²) in [5, 5.41) is 2.66. The summed E-state index contributed by atoms with van der Waals surface area (Å²) >= 11 is 8.16. The highest BCUT2D eigenvalue weighted by atomic mass is 79.9. The van der Waals surface area contributed by atoms with Crippen molar-refractivity contribution in [3.05, 3.63) is 28.2 Å². The zero-order chi connectivity index (χ0) is 10.7. The van der Waals surface area contributed by atoms with Crippen LogP contribution in [0.5, 0.6) is 0 Å². The second-order valence-electron chi connectivity index (χ2n) is 2.74. The van der Waals surface area contributed by atoms with Crippen molar-refractivity contribution >= 4 is 44.7 Å². The average Bonchev–Trinajstić information content (AvgIpc) is 2.01. The summed E-state index contributed by atoms with van der Waals surface area (Å²) < 4.78 is 0.862. The van der Waals surface area contributed by atoms with E-state index in [1.807, 2.05) is 6.07 Å². The maximum absolute atomic E-state index is 10.9. The van der Waals surface area contributed by atoms with Crippen LogP contribution in [-0.4, -0.2) is 10.9 Å². The number of nitrogens with two attached hydrogens (primary N) is 1. The Morgan fingerprint density at radius 1 is 1.57 bits per heavy atom. The first-order valence-electron chi connectivity index (χ1n) is 3.87. The van der Waals surface area contributed by atoms with Crippen molar-refractivity contribution in [3.8, 4) is 0 Å². The minimum absolute atomic E-state index is 0.152. The molecule has 74 valence electrons. The fraction of sp³-hybridized carbons (Fsp3) is 0.111. The first-order valence-corrected chi connectivity index (χ1v) is 5.08. The maximum Gasteiger partial charge on any atom is 0.221 e. The topological polar surface area (TPSA) is 55.1 Å². The normalized spacial score (nSPS) is 9.57. The molecule has 3 N–H and O–H groups in total. The first-order chi connectivity index (χ1) is 6.50. The highest BCUT2D eigenvalue weighted by molar-refractivity contribution is 9.10. The standard InChI is InChI=1S/C9H9BrN2OS/c1-5(13)12-8-4-6(10)2-3-7(8)9(11)14/h2-4H,1H3,(H2,11,14)(H,12,13). The molecule has 0 bridgehead atoms. The number of benzene rings is 1. The van der Waals surface area contributed by atoms with Gasteiger partial charge in [0.15, 0.2) is 0 Å². The number of hydrogen-bond acceptors (Lipinski definition) is 2. The molecule has 5 heteroatoms. The molecule has 0 aromatic heterocycles. The Bertz CT molecular complexity index is 392. The predicted octanol–water partition coefficient (Wildman–Crippen LogP) is 2.04. The Labute approximate surface area is 95.8 Å². The number of amides is 1. The number of anilines is 1. The van der Waals surface area contributed by atoms with Gasteiger partial charge in [0.1, 0.15) is 4.99 Å². The van der Waals surface area contributed by atoms with Crippen LogP contribution in [0.1, 0.15) is 12.5 Å². The van der Waals surface area contributed by atoms with E-state index in [1.165, 1.54) is 6.92 Å². The number of rotatable bonds is 2.